The van der Waals surface area contributed by atoms with E-state index in [1.54, 1.807) is 18.4 Å². The average Bonchev–Trinajstić information content (AvgIpc) is 3.11. The Kier molecular flexibility index (Phi) is 5.94. The maximum Gasteiger partial charge on any atom is 0.191 e. The summed E-state index contributed by atoms with van der Waals surface area (Å²) in [7, 11) is 3.71. The molecule has 2 rings (SSSR count). The van der Waals surface area contributed by atoms with Crippen molar-refractivity contribution in [2.75, 3.05) is 13.6 Å². The van der Waals surface area contributed by atoms with Crippen molar-refractivity contribution < 1.29 is 0 Å². The first kappa shape index (κ1) is 16.5. The summed E-state index contributed by atoms with van der Waals surface area (Å²) in [4.78, 5) is 8.84. The molecule has 22 heavy (non-hydrogen) atoms. The summed E-state index contributed by atoms with van der Waals surface area (Å²) in [6, 6.07) is 0. The Hall–Kier alpha value is -1.89. The summed E-state index contributed by atoms with van der Waals surface area (Å²) in [5.41, 5.74) is 2.37. The van der Waals surface area contributed by atoms with Crippen molar-refractivity contribution in [3.8, 4) is 0 Å². The molecule has 0 aliphatic carbocycles. The van der Waals surface area contributed by atoms with Crippen LogP contribution in [0.1, 0.15) is 36.0 Å². The lowest BCUT2D eigenvalue weighted by Crippen LogP contribution is -2.37. The molecule has 0 fully saturated rings. The van der Waals surface area contributed by atoms with E-state index < -0.39 is 0 Å². The topological polar surface area (TPSA) is 67.1 Å². The highest BCUT2D eigenvalue weighted by atomic mass is 32.1. The fraction of sp³-hybridized carbons (Fsp3) is 0.533. The number of rotatable bonds is 6. The summed E-state index contributed by atoms with van der Waals surface area (Å²) in [6.45, 7) is 5.83. The van der Waals surface area contributed by atoms with E-state index in [1.165, 1.54) is 5.56 Å². The molecule has 0 spiro atoms. The zero-order valence-corrected chi connectivity index (χ0v) is 14.4. The first-order chi connectivity index (χ1) is 10.6. The van der Waals surface area contributed by atoms with Crippen molar-refractivity contribution in [2.24, 2.45) is 12.0 Å². The molecule has 0 saturated heterocycles. The molecule has 2 aromatic rings. The lowest BCUT2D eigenvalue weighted by Gasteiger charge is -2.10. The van der Waals surface area contributed by atoms with E-state index in [0.717, 1.165) is 29.6 Å². The van der Waals surface area contributed by atoms with Crippen LogP contribution in [0.2, 0.25) is 0 Å². The van der Waals surface area contributed by atoms with Gasteiger partial charge in [-0.3, -0.25) is 9.67 Å². The summed E-state index contributed by atoms with van der Waals surface area (Å²) in [5, 5.41) is 14.0. The number of guanidine groups is 1. The van der Waals surface area contributed by atoms with Gasteiger partial charge in [0.05, 0.1) is 18.4 Å². The van der Waals surface area contributed by atoms with Gasteiger partial charge in [-0.1, -0.05) is 13.8 Å². The second kappa shape index (κ2) is 7.93. The first-order valence-electron chi connectivity index (χ1n) is 7.45. The summed E-state index contributed by atoms with van der Waals surface area (Å²) < 4.78 is 1.82. The molecule has 0 unspecified atom stereocenters. The Balaban J connectivity index is 1.74. The lowest BCUT2D eigenvalue weighted by molar-refractivity contribution is 0.763. The molecule has 0 saturated carbocycles. The SMILES string of the molecule is CN=C(NCCc1cnn(C)c1)NCc1nc(C(C)C)cs1. The molecule has 7 heteroatoms. The monoisotopic (exact) mass is 320 g/mol. The maximum absolute atomic E-state index is 4.61. The molecule has 0 radical (unpaired) electrons. The van der Waals surface area contributed by atoms with Crippen molar-refractivity contribution in [2.45, 2.75) is 32.7 Å². The van der Waals surface area contributed by atoms with Gasteiger partial charge in [-0.2, -0.15) is 5.10 Å². The normalized spacial score (nSPS) is 12.0. The number of aryl methyl sites for hydroxylation is 1. The van der Waals surface area contributed by atoms with Gasteiger partial charge in [0.15, 0.2) is 5.96 Å². The molecule has 6 nitrogen and oxygen atoms in total. The second-order valence-electron chi connectivity index (χ2n) is 5.45. The number of aliphatic imine (C=N–C) groups is 1. The Labute approximate surface area is 135 Å². The standard InChI is InChI=1S/C15H24N6S/c1-11(2)13-10-22-14(20-13)8-18-15(16-3)17-6-5-12-7-19-21(4)9-12/h7,9-11H,5-6,8H2,1-4H3,(H2,16,17,18). The molecule has 0 aromatic carbocycles. The van der Waals surface area contributed by atoms with Crippen molar-refractivity contribution in [3.63, 3.8) is 0 Å². The van der Waals surface area contributed by atoms with Crippen molar-refractivity contribution in [1.29, 1.82) is 0 Å². The highest BCUT2D eigenvalue weighted by molar-refractivity contribution is 7.09. The van der Waals surface area contributed by atoms with Crippen LogP contribution in [-0.4, -0.2) is 34.3 Å². The molecule has 2 heterocycles. The van der Waals surface area contributed by atoms with Crippen LogP contribution in [0.4, 0.5) is 0 Å². The van der Waals surface area contributed by atoms with Crippen LogP contribution in [0, 0.1) is 0 Å². The van der Waals surface area contributed by atoms with E-state index in [9.17, 15) is 0 Å². The van der Waals surface area contributed by atoms with Crippen molar-refractivity contribution in [1.82, 2.24) is 25.4 Å². The minimum absolute atomic E-state index is 0.474. The van der Waals surface area contributed by atoms with Gasteiger partial charge in [0.2, 0.25) is 0 Å². The van der Waals surface area contributed by atoms with E-state index in [0.29, 0.717) is 12.5 Å². The van der Waals surface area contributed by atoms with Gasteiger partial charge in [-0.15, -0.1) is 11.3 Å². The molecule has 0 bridgehead atoms. The van der Waals surface area contributed by atoms with E-state index in [4.69, 9.17) is 0 Å². The predicted octanol–water partition coefficient (Wildman–Crippen LogP) is 1.91. The van der Waals surface area contributed by atoms with Gasteiger partial charge < -0.3 is 10.6 Å². The fourth-order valence-corrected chi connectivity index (χ4v) is 2.87. The molecular weight excluding hydrogens is 296 g/mol. The highest BCUT2D eigenvalue weighted by Crippen LogP contribution is 2.17. The quantitative estimate of drug-likeness (QED) is 0.630. The van der Waals surface area contributed by atoms with E-state index in [-0.39, 0.29) is 0 Å². The van der Waals surface area contributed by atoms with E-state index in [1.807, 2.05) is 24.1 Å². The number of nitrogens with one attached hydrogen (secondary N) is 2. The van der Waals surface area contributed by atoms with E-state index >= 15 is 0 Å². The third kappa shape index (κ3) is 4.84. The van der Waals surface area contributed by atoms with Crippen LogP contribution in [0.5, 0.6) is 0 Å². The molecule has 0 amide bonds. The zero-order chi connectivity index (χ0) is 15.9. The maximum atomic E-state index is 4.61. The van der Waals surface area contributed by atoms with Crippen LogP contribution >= 0.6 is 11.3 Å². The largest absolute Gasteiger partial charge is 0.356 e. The Bertz CT molecular complexity index is 613. The number of hydrogen-bond acceptors (Lipinski definition) is 4. The van der Waals surface area contributed by atoms with Crippen LogP contribution in [0.25, 0.3) is 0 Å². The van der Waals surface area contributed by atoms with Crippen molar-refractivity contribution >= 4 is 17.3 Å². The molecule has 120 valence electrons. The van der Waals surface area contributed by atoms with Crippen molar-refractivity contribution in [3.05, 3.63) is 34.0 Å². The summed E-state index contributed by atoms with van der Waals surface area (Å²) >= 11 is 1.69. The Morgan fingerprint density at radius 2 is 2.23 bits per heavy atom. The van der Waals surface area contributed by atoms with E-state index in [2.05, 4.69) is 44.9 Å². The Morgan fingerprint density at radius 3 is 2.82 bits per heavy atom. The van der Waals surface area contributed by atoms with Gasteiger partial charge in [-0.25, -0.2) is 4.98 Å². The fourth-order valence-electron chi connectivity index (χ4n) is 1.98. The Morgan fingerprint density at radius 1 is 1.41 bits per heavy atom. The third-order valence-corrected chi connectivity index (χ3v) is 4.12. The van der Waals surface area contributed by atoms with Gasteiger partial charge in [0, 0.05) is 32.2 Å². The third-order valence-electron chi connectivity index (χ3n) is 3.26. The predicted molar refractivity (Wildman–Crippen MR) is 91.3 cm³/mol. The van der Waals surface area contributed by atoms with Gasteiger partial charge in [0.1, 0.15) is 5.01 Å². The molecule has 0 aliphatic heterocycles. The second-order valence-corrected chi connectivity index (χ2v) is 6.39. The van der Waals surface area contributed by atoms with Crippen LogP contribution in [0.3, 0.4) is 0 Å². The van der Waals surface area contributed by atoms with Crippen LogP contribution < -0.4 is 10.6 Å². The zero-order valence-electron chi connectivity index (χ0n) is 13.6. The van der Waals surface area contributed by atoms with Gasteiger partial charge in [0.25, 0.3) is 0 Å². The van der Waals surface area contributed by atoms with Gasteiger partial charge >= 0.3 is 0 Å². The first-order valence-corrected chi connectivity index (χ1v) is 8.32. The molecule has 2 aromatic heterocycles. The van der Waals surface area contributed by atoms with Crippen LogP contribution in [-0.2, 0) is 20.0 Å². The average molecular weight is 320 g/mol. The summed E-state index contributed by atoms with van der Waals surface area (Å²) in [6.07, 6.45) is 4.84. The molecule has 2 N–H and O–H groups in total. The highest BCUT2D eigenvalue weighted by Gasteiger charge is 2.06. The lowest BCUT2D eigenvalue weighted by atomic mass is 10.2. The molecular formula is C15H24N6S. The van der Waals surface area contributed by atoms with Gasteiger partial charge in [-0.05, 0) is 17.9 Å². The summed E-state index contributed by atoms with van der Waals surface area (Å²) in [5.74, 6) is 1.27. The number of nitrogens with zero attached hydrogens (tertiary/aromatic N) is 4. The molecule has 0 aliphatic rings. The number of thiazole rings is 1. The smallest absolute Gasteiger partial charge is 0.191 e. The number of aromatic nitrogens is 3. The number of hydrogen-bond donors (Lipinski definition) is 2. The molecule has 0 atom stereocenters. The minimum atomic E-state index is 0.474. The minimum Gasteiger partial charge on any atom is -0.356 e. The van der Waals surface area contributed by atoms with Crippen LogP contribution in [0.15, 0.2) is 22.8 Å².